The van der Waals surface area contributed by atoms with E-state index in [0.717, 1.165) is 20.5 Å². The monoisotopic (exact) mass is 446 g/mol. The third-order valence-electron chi connectivity index (χ3n) is 4.35. The van der Waals surface area contributed by atoms with Gasteiger partial charge >= 0.3 is 0 Å². The number of nitrogens with one attached hydrogen (secondary N) is 1. The Balaban J connectivity index is 1.53. The molecule has 7 nitrogen and oxygen atoms in total. The molecule has 0 fully saturated rings. The molecule has 0 spiro atoms. The lowest BCUT2D eigenvalue weighted by atomic mass is 10.1. The van der Waals surface area contributed by atoms with E-state index in [-0.39, 0.29) is 23.7 Å². The summed E-state index contributed by atoms with van der Waals surface area (Å²) in [6, 6.07) is 5.75. The van der Waals surface area contributed by atoms with Crippen molar-refractivity contribution in [3.05, 3.63) is 58.8 Å². The zero-order chi connectivity index (χ0) is 20.6. The molecule has 0 unspecified atom stereocenters. The van der Waals surface area contributed by atoms with Crippen LogP contribution in [0.15, 0.2) is 61.1 Å². The normalized spacial score (nSPS) is 17.4. The molecule has 4 rings (SSSR count). The highest BCUT2D eigenvalue weighted by Crippen LogP contribution is 2.32. The van der Waals surface area contributed by atoms with Crippen LogP contribution in [0.4, 0.5) is 5.69 Å². The first-order valence-electron chi connectivity index (χ1n) is 8.81. The maximum Gasteiger partial charge on any atom is 0.259 e. The van der Waals surface area contributed by atoms with E-state index in [1.165, 1.54) is 0 Å². The fourth-order valence-electron chi connectivity index (χ4n) is 2.90. The molecule has 150 valence electrons. The van der Waals surface area contributed by atoms with Crippen LogP contribution in [-0.2, 0) is 14.8 Å². The lowest BCUT2D eigenvalue weighted by molar-refractivity contribution is -0.112. The van der Waals surface area contributed by atoms with Crippen LogP contribution in [0.1, 0.15) is 11.3 Å². The van der Waals surface area contributed by atoms with Gasteiger partial charge in [0, 0.05) is 34.4 Å². The molecular weight excluding hydrogens is 428 g/mol. The van der Waals surface area contributed by atoms with Crippen LogP contribution in [0.5, 0.6) is 0 Å². The van der Waals surface area contributed by atoms with Crippen molar-refractivity contribution in [3.63, 3.8) is 0 Å². The number of nitrogens with zero attached hydrogens (tertiary/aromatic N) is 3. The van der Waals surface area contributed by atoms with Crippen LogP contribution in [0, 0.1) is 13.8 Å². The van der Waals surface area contributed by atoms with Gasteiger partial charge in [-0.15, -0.1) is 15.7 Å². The van der Waals surface area contributed by atoms with Crippen molar-refractivity contribution in [1.82, 2.24) is 9.88 Å². The van der Waals surface area contributed by atoms with Gasteiger partial charge in [-0.2, -0.15) is 0 Å². The van der Waals surface area contributed by atoms with Gasteiger partial charge in [-0.1, -0.05) is 11.8 Å². The van der Waals surface area contributed by atoms with Gasteiger partial charge in [0.2, 0.25) is 0 Å². The number of allylic oxidation sites excluding steroid dienone is 2. The molecule has 1 amide bonds. The number of fused-ring (bicyclic) bond motifs is 1. The van der Waals surface area contributed by atoms with Crippen LogP contribution in [0.3, 0.4) is 0 Å². The van der Waals surface area contributed by atoms with Crippen LogP contribution in [-0.4, -0.2) is 42.3 Å². The van der Waals surface area contributed by atoms with Gasteiger partial charge in [0.25, 0.3) is 15.9 Å². The number of aromatic nitrogens is 1. The van der Waals surface area contributed by atoms with Crippen molar-refractivity contribution >= 4 is 50.6 Å². The quantitative estimate of drug-likeness (QED) is 0.774. The summed E-state index contributed by atoms with van der Waals surface area (Å²) in [4.78, 5) is 20.0. The minimum absolute atomic E-state index is 0.0629. The Morgan fingerprint density at radius 1 is 1.31 bits per heavy atom. The largest absolute Gasteiger partial charge is 0.331 e. The molecular formula is C19H18N4O3S3. The molecule has 3 heterocycles. The number of thiazole rings is 1. The Bertz CT molecular complexity index is 1180. The van der Waals surface area contributed by atoms with Gasteiger partial charge in [0.05, 0.1) is 11.3 Å². The maximum absolute atomic E-state index is 12.8. The average molecular weight is 447 g/mol. The minimum Gasteiger partial charge on any atom is -0.331 e. The first-order chi connectivity index (χ1) is 13.8. The Morgan fingerprint density at radius 3 is 2.86 bits per heavy atom. The summed E-state index contributed by atoms with van der Waals surface area (Å²) in [5, 5.41) is 4.88. The number of benzene rings is 1. The molecule has 29 heavy (non-hydrogen) atoms. The molecule has 1 aromatic carbocycles. The van der Waals surface area contributed by atoms with Gasteiger partial charge < -0.3 is 10.2 Å². The highest BCUT2D eigenvalue weighted by Gasteiger charge is 2.30. The number of anilines is 1. The van der Waals surface area contributed by atoms with E-state index in [0.29, 0.717) is 5.69 Å². The number of rotatable bonds is 4. The van der Waals surface area contributed by atoms with Gasteiger partial charge in [-0.05, 0) is 49.8 Å². The van der Waals surface area contributed by atoms with Crippen molar-refractivity contribution in [2.45, 2.75) is 23.1 Å². The first-order valence-corrected chi connectivity index (χ1v) is 12.1. The van der Waals surface area contributed by atoms with Crippen molar-refractivity contribution < 1.29 is 13.2 Å². The molecule has 2 aromatic rings. The van der Waals surface area contributed by atoms with E-state index in [9.17, 15) is 13.2 Å². The topological polar surface area (TPSA) is 91.7 Å². The second kappa shape index (κ2) is 7.77. The van der Waals surface area contributed by atoms with Crippen LogP contribution >= 0.6 is 23.1 Å². The number of amides is 1. The van der Waals surface area contributed by atoms with Gasteiger partial charge in [-0.25, -0.2) is 13.4 Å². The molecule has 1 N–H and O–H groups in total. The van der Waals surface area contributed by atoms with E-state index in [2.05, 4.69) is 14.7 Å². The highest BCUT2D eigenvalue weighted by molar-refractivity contribution is 8.01. The molecule has 0 saturated carbocycles. The third-order valence-corrected chi connectivity index (χ3v) is 7.55. The van der Waals surface area contributed by atoms with Crippen molar-refractivity contribution in [1.29, 1.82) is 0 Å². The Hall–Kier alpha value is -2.43. The molecule has 0 atom stereocenters. The van der Waals surface area contributed by atoms with Gasteiger partial charge in [0.15, 0.2) is 10.2 Å². The van der Waals surface area contributed by atoms with Crippen molar-refractivity contribution in [2.75, 3.05) is 17.6 Å². The second-order valence-corrected chi connectivity index (χ2v) is 10.5. The molecule has 2 aliphatic heterocycles. The maximum atomic E-state index is 12.8. The molecule has 10 heteroatoms. The number of aryl methyl sites for hydroxylation is 2. The predicted molar refractivity (Wildman–Crippen MR) is 116 cm³/mol. The van der Waals surface area contributed by atoms with Gasteiger partial charge in [0.1, 0.15) is 0 Å². The SMILES string of the molecule is Cc1csc(Sc2ccc(NC(=O)C3=CC=CN4CCS(=O)(=O)N=C34)c(C)c2)n1. The fourth-order valence-corrected chi connectivity index (χ4v) is 5.80. The second-order valence-electron chi connectivity index (χ2n) is 6.60. The highest BCUT2D eigenvalue weighted by atomic mass is 32.2. The zero-order valence-electron chi connectivity index (χ0n) is 15.7. The molecule has 0 saturated heterocycles. The number of hydrogen-bond acceptors (Lipinski definition) is 7. The van der Waals surface area contributed by atoms with Crippen LogP contribution in [0.25, 0.3) is 0 Å². The lowest BCUT2D eigenvalue weighted by Crippen LogP contribution is -2.40. The summed E-state index contributed by atoms with van der Waals surface area (Å²) in [5.41, 5.74) is 2.79. The Morgan fingerprint density at radius 2 is 2.14 bits per heavy atom. The summed E-state index contributed by atoms with van der Waals surface area (Å²) >= 11 is 3.17. The average Bonchev–Trinajstić information content (AvgIpc) is 3.07. The number of carbonyl (C=O) groups is 1. The van der Waals surface area contributed by atoms with E-state index in [4.69, 9.17) is 0 Å². The first kappa shape index (κ1) is 19.9. The van der Waals surface area contributed by atoms with E-state index < -0.39 is 15.9 Å². The lowest BCUT2D eigenvalue weighted by Gasteiger charge is -2.28. The minimum atomic E-state index is -3.55. The molecule has 1 aromatic heterocycles. The van der Waals surface area contributed by atoms with Gasteiger partial charge in [-0.3, -0.25) is 4.79 Å². The molecule has 2 aliphatic rings. The third kappa shape index (κ3) is 4.44. The predicted octanol–water partition coefficient (Wildman–Crippen LogP) is 3.35. The summed E-state index contributed by atoms with van der Waals surface area (Å²) in [6.45, 7) is 4.16. The van der Waals surface area contributed by atoms with Crippen molar-refractivity contribution in [3.8, 4) is 0 Å². The summed E-state index contributed by atoms with van der Waals surface area (Å²) < 4.78 is 28.5. The summed E-state index contributed by atoms with van der Waals surface area (Å²) in [6.07, 6.45) is 5.02. The van der Waals surface area contributed by atoms with E-state index in [1.54, 1.807) is 46.4 Å². The van der Waals surface area contributed by atoms with E-state index >= 15 is 0 Å². The number of hydrogen-bond donors (Lipinski definition) is 1. The number of carbonyl (C=O) groups excluding carboxylic acids is 1. The smallest absolute Gasteiger partial charge is 0.259 e. The summed E-state index contributed by atoms with van der Waals surface area (Å²) in [7, 11) is -3.55. The van der Waals surface area contributed by atoms with Crippen LogP contribution < -0.4 is 5.32 Å². The standard InChI is InChI=1S/C19H18N4O3S3/c1-12-10-14(28-19-20-13(2)11-27-19)5-6-16(12)21-18(24)15-4-3-7-23-8-9-29(25,26)22-17(15)23/h3-7,10-11H,8-9H2,1-2H3,(H,21,24). The zero-order valence-corrected chi connectivity index (χ0v) is 18.2. The molecule has 0 radical (unpaired) electrons. The van der Waals surface area contributed by atoms with Crippen LogP contribution in [0.2, 0.25) is 0 Å². The van der Waals surface area contributed by atoms with Crippen molar-refractivity contribution in [2.24, 2.45) is 4.40 Å². The number of sulfonamides is 1. The van der Waals surface area contributed by atoms with E-state index in [1.807, 2.05) is 37.4 Å². The molecule has 0 bridgehead atoms. The summed E-state index contributed by atoms with van der Waals surface area (Å²) in [5.74, 6) is -0.290. The molecule has 0 aliphatic carbocycles. The fraction of sp³-hybridized carbons (Fsp3) is 0.211. The Kier molecular flexibility index (Phi) is 5.32. The Labute approximate surface area is 177 Å². The number of amidine groups is 1.